The van der Waals surface area contributed by atoms with Gasteiger partial charge in [0.05, 0.1) is 24.9 Å². The van der Waals surface area contributed by atoms with Crippen molar-refractivity contribution in [3.63, 3.8) is 0 Å². The molecule has 3 aromatic carbocycles. The van der Waals surface area contributed by atoms with E-state index in [-0.39, 0.29) is 23.4 Å². The monoisotopic (exact) mass is 542 g/mol. The van der Waals surface area contributed by atoms with Gasteiger partial charge >= 0.3 is 0 Å². The van der Waals surface area contributed by atoms with Crippen molar-refractivity contribution in [1.29, 1.82) is 0 Å². The minimum Gasteiger partial charge on any atom is -0.404 e. The van der Waals surface area contributed by atoms with Crippen LogP contribution >= 0.6 is 0 Å². The van der Waals surface area contributed by atoms with Crippen LogP contribution in [0.1, 0.15) is 64.9 Å². The van der Waals surface area contributed by atoms with E-state index in [0.29, 0.717) is 13.2 Å². The van der Waals surface area contributed by atoms with Crippen LogP contribution in [0.5, 0.6) is 0 Å². The van der Waals surface area contributed by atoms with E-state index in [1.807, 2.05) is 12.1 Å². The average molecular weight is 543 g/mol. The molecule has 3 atom stereocenters. The van der Waals surface area contributed by atoms with Gasteiger partial charge in [-0.25, -0.2) is 0 Å². The Morgan fingerprint density at radius 1 is 0.872 bits per heavy atom. The summed E-state index contributed by atoms with van der Waals surface area (Å²) in [5.74, 6) is 0. The van der Waals surface area contributed by atoms with Gasteiger partial charge in [0.15, 0.2) is 0 Å². The maximum absolute atomic E-state index is 7.58. The molecule has 3 nitrogen and oxygen atoms in total. The summed E-state index contributed by atoms with van der Waals surface area (Å²) in [6.07, 6.45) is 8.50. The minimum absolute atomic E-state index is 0.0274. The lowest BCUT2D eigenvalue weighted by molar-refractivity contribution is -0.0676. The smallest absolute Gasteiger partial charge is 0.261 e. The fourth-order valence-corrected chi connectivity index (χ4v) is 10.7. The summed E-state index contributed by atoms with van der Waals surface area (Å²) in [5.41, 5.74) is 1.20. The molecule has 1 heterocycles. The van der Waals surface area contributed by atoms with E-state index >= 15 is 0 Å². The molecule has 4 rings (SSSR count). The van der Waals surface area contributed by atoms with E-state index in [4.69, 9.17) is 13.9 Å². The zero-order valence-electron chi connectivity index (χ0n) is 24.1. The number of ether oxygens (including phenoxy) is 2. The Morgan fingerprint density at radius 2 is 1.44 bits per heavy atom. The van der Waals surface area contributed by atoms with Gasteiger partial charge in [0, 0.05) is 6.61 Å². The highest BCUT2D eigenvalue weighted by Crippen LogP contribution is 2.39. The molecule has 3 aromatic rings. The Morgan fingerprint density at radius 3 is 2.00 bits per heavy atom. The highest BCUT2D eigenvalue weighted by atomic mass is 28.4. The first-order chi connectivity index (χ1) is 18.9. The molecule has 0 spiro atoms. The second-order valence-corrected chi connectivity index (χ2v) is 16.1. The molecule has 1 saturated heterocycles. The molecule has 0 bridgehead atoms. The third-order valence-corrected chi connectivity index (χ3v) is 12.9. The molecule has 0 unspecified atom stereocenters. The van der Waals surface area contributed by atoms with Gasteiger partial charge in [-0.15, -0.1) is 6.58 Å². The van der Waals surface area contributed by atoms with Crippen molar-refractivity contribution in [3.05, 3.63) is 109 Å². The summed E-state index contributed by atoms with van der Waals surface area (Å²) >= 11 is 0. The molecule has 0 N–H and O–H groups in total. The molecule has 1 aliphatic heterocycles. The van der Waals surface area contributed by atoms with Crippen molar-refractivity contribution in [2.45, 2.75) is 89.3 Å². The predicted octanol–water partition coefficient (Wildman–Crippen LogP) is 7.44. The van der Waals surface area contributed by atoms with E-state index in [1.165, 1.54) is 22.4 Å². The van der Waals surface area contributed by atoms with Crippen LogP contribution in [0.25, 0.3) is 0 Å². The van der Waals surface area contributed by atoms with Gasteiger partial charge in [0.2, 0.25) is 0 Å². The molecular formula is C35H46O3Si. The molecule has 0 aliphatic carbocycles. The molecule has 0 amide bonds. The Bertz CT molecular complexity index is 1070. The number of rotatable bonds is 13. The first-order valence-electron chi connectivity index (χ1n) is 14.6. The minimum atomic E-state index is -2.68. The summed E-state index contributed by atoms with van der Waals surface area (Å²) in [5, 5.41) is 2.55. The van der Waals surface area contributed by atoms with Crippen molar-refractivity contribution in [2.24, 2.45) is 0 Å². The van der Waals surface area contributed by atoms with E-state index < -0.39 is 8.32 Å². The van der Waals surface area contributed by atoms with Gasteiger partial charge in [-0.2, -0.15) is 0 Å². The first kappa shape index (κ1) is 29.5. The molecule has 0 aromatic heterocycles. The maximum atomic E-state index is 7.58. The van der Waals surface area contributed by atoms with Crippen molar-refractivity contribution in [2.75, 3.05) is 6.61 Å². The largest absolute Gasteiger partial charge is 0.404 e. The van der Waals surface area contributed by atoms with E-state index in [1.54, 1.807) is 0 Å². The molecule has 0 radical (unpaired) electrons. The Balaban J connectivity index is 1.62. The lowest BCUT2D eigenvalue weighted by atomic mass is 9.97. The summed E-state index contributed by atoms with van der Waals surface area (Å²) in [6.45, 7) is 12.3. The Kier molecular flexibility index (Phi) is 10.8. The van der Waals surface area contributed by atoms with Crippen LogP contribution in [0.15, 0.2) is 104 Å². The quantitative estimate of drug-likeness (QED) is 0.128. The average Bonchev–Trinajstić information content (AvgIpc) is 2.95. The van der Waals surface area contributed by atoms with E-state index in [9.17, 15) is 0 Å². The van der Waals surface area contributed by atoms with Gasteiger partial charge < -0.3 is 13.9 Å². The standard InChI is InChI=1S/C35H46O3Si/c1-5-16-30-19-15-20-31(37-30)27-32(25-26-36-28-29-17-9-6-10-18-29)38-39(35(2,3)4,33-21-11-7-12-22-33)34-23-13-8-14-24-34/h5-14,17-18,21-24,30-32H,1,15-16,19-20,25-28H2,2-4H3/t30-,31-,32-/m0/s1. The van der Waals surface area contributed by atoms with Crippen LogP contribution in [0.2, 0.25) is 5.04 Å². The van der Waals surface area contributed by atoms with Crippen LogP contribution in [0.3, 0.4) is 0 Å². The van der Waals surface area contributed by atoms with Crippen LogP contribution in [0, 0.1) is 0 Å². The SMILES string of the molecule is C=CC[C@H]1CCC[C@@H](C[C@H](CCOCc2ccccc2)O[Si](c2ccccc2)(c2ccccc2)C(C)(C)C)O1. The number of hydrogen-bond acceptors (Lipinski definition) is 3. The second-order valence-electron chi connectivity index (χ2n) is 11.8. The molecule has 0 saturated carbocycles. The maximum Gasteiger partial charge on any atom is 0.261 e. The van der Waals surface area contributed by atoms with Crippen LogP contribution in [0.4, 0.5) is 0 Å². The van der Waals surface area contributed by atoms with Gasteiger partial charge in [0.1, 0.15) is 0 Å². The van der Waals surface area contributed by atoms with Crippen LogP contribution in [-0.2, 0) is 20.5 Å². The molecule has 208 valence electrons. The lowest BCUT2D eigenvalue weighted by Crippen LogP contribution is -2.68. The van der Waals surface area contributed by atoms with Gasteiger partial charge in [-0.1, -0.05) is 118 Å². The molecule has 4 heteroatoms. The van der Waals surface area contributed by atoms with Crippen LogP contribution in [-0.4, -0.2) is 33.2 Å². The van der Waals surface area contributed by atoms with Crippen molar-refractivity contribution in [3.8, 4) is 0 Å². The third-order valence-electron chi connectivity index (χ3n) is 7.85. The molecule has 1 aliphatic rings. The topological polar surface area (TPSA) is 27.7 Å². The summed E-state index contributed by atoms with van der Waals surface area (Å²) < 4.78 is 20.3. The molecule has 1 fully saturated rings. The summed E-state index contributed by atoms with van der Waals surface area (Å²) in [4.78, 5) is 0. The number of hydrogen-bond donors (Lipinski definition) is 0. The Hall–Kier alpha value is -2.50. The lowest BCUT2D eigenvalue weighted by Gasteiger charge is -2.46. The fourth-order valence-electron chi connectivity index (χ4n) is 5.95. The first-order valence-corrected chi connectivity index (χ1v) is 16.5. The Labute approximate surface area is 237 Å². The van der Waals surface area contributed by atoms with Gasteiger partial charge in [0.25, 0.3) is 8.32 Å². The van der Waals surface area contributed by atoms with E-state index in [0.717, 1.165) is 32.1 Å². The molecule has 39 heavy (non-hydrogen) atoms. The molecular weight excluding hydrogens is 496 g/mol. The zero-order valence-corrected chi connectivity index (χ0v) is 25.1. The van der Waals surface area contributed by atoms with Crippen molar-refractivity contribution in [1.82, 2.24) is 0 Å². The fraction of sp³-hybridized carbons (Fsp3) is 0.429. The van der Waals surface area contributed by atoms with Crippen LogP contribution < -0.4 is 10.4 Å². The zero-order chi connectivity index (χ0) is 27.6. The third kappa shape index (κ3) is 7.79. The van der Waals surface area contributed by atoms with Crippen molar-refractivity contribution < 1.29 is 13.9 Å². The van der Waals surface area contributed by atoms with Gasteiger partial charge in [-0.3, -0.25) is 0 Å². The summed E-state index contributed by atoms with van der Waals surface area (Å²) in [6, 6.07) is 32.3. The number of benzene rings is 3. The van der Waals surface area contributed by atoms with E-state index in [2.05, 4.69) is 112 Å². The van der Waals surface area contributed by atoms with Crippen molar-refractivity contribution >= 4 is 18.7 Å². The predicted molar refractivity (Wildman–Crippen MR) is 165 cm³/mol. The highest BCUT2D eigenvalue weighted by Gasteiger charge is 2.51. The highest BCUT2D eigenvalue weighted by molar-refractivity contribution is 6.99. The summed E-state index contributed by atoms with van der Waals surface area (Å²) in [7, 11) is -2.68. The second kappa shape index (κ2) is 14.2. The normalized spacial score (nSPS) is 18.9. The van der Waals surface area contributed by atoms with Gasteiger partial charge in [-0.05, 0) is 59.5 Å².